The summed E-state index contributed by atoms with van der Waals surface area (Å²) >= 11 is 1.72. The lowest BCUT2D eigenvalue weighted by Crippen LogP contribution is -2.36. The highest BCUT2D eigenvalue weighted by atomic mass is 32.2. The monoisotopic (exact) mass is 296 g/mol. The lowest BCUT2D eigenvalue weighted by atomic mass is 10.1. The maximum absolute atomic E-state index is 11.9. The van der Waals surface area contributed by atoms with Crippen LogP contribution >= 0.6 is 11.8 Å². The number of carboxylic acids is 1. The summed E-state index contributed by atoms with van der Waals surface area (Å²) in [5, 5.41) is 14.6. The van der Waals surface area contributed by atoms with Crippen molar-refractivity contribution in [2.75, 3.05) is 17.3 Å². The minimum atomic E-state index is -1.06. The summed E-state index contributed by atoms with van der Waals surface area (Å²) in [5.41, 5.74) is 1.16. The first kappa shape index (κ1) is 16.4. The molecule has 0 fully saturated rings. The third kappa shape index (κ3) is 4.77. The predicted octanol–water partition coefficient (Wildman–Crippen LogP) is 2.96. The Hall–Kier alpha value is -1.69. The van der Waals surface area contributed by atoms with E-state index in [9.17, 15) is 9.59 Å². The zero-order valence-electron chi connectivity index (χ0n) is 11.9. The van der Waals surface area contributed by atoms with Crippen LogP contribution in [0, 0.1) is 6.92 Å². The van der Waals surface area contributed by atoms with E-state index in [4.69, 9.17) is 5.11 Å². The summed E-state index contributed by atoms with van der Waals surface area (Å²) < 4.78 is 0. The molecule has 0 aromatic heterocycles. The number of amides is 2. The van der Waals surface area contributed by atoms with Crippen molar-refractivity contribution in [3.63, 3.8) is 0 Å². The van der Waals surface area contributed by atoms with Crippen molar-refractivity contribution in [1.29, 1.82) is 0 Å². The van der Waals surface area contributed by atoms with Crippen LogP contribution < -0.4 is 10.6 Å². The number of thioether (sulfide) groups is 1. The lowest BCUT2D eigenvalue weighted by Gasteiger charge is -2.16. The summed E-state index contributed by atoms with van der Waals surface area (Å²) in [6, 6.07) is 4.56. The molecule has 1 atom stereocenters. The molecule has 20 heavy (non-hydrogen) atoms. The molecular weight excluding hydrogens is 276 g/mol. The maximum atomic E-state index is 11.9. The molecule has 5 nitrogen and oxygen atoms in total. The van der Waals surface area contributed by atoms with E-state index in [1.165, 1.54) is 6.07 Å². The number of urea groups is 1. The normalized spacial score (nSPS) is 11.8. The van der Waals surface area contributed by atoms with E-state index in [-0.39, 0.29) is 17.6 Å². The van der Waals surface area contributed by atoms with Crippen molar-refractivity contribution in [3.8, 4) is 0 Å². The van der Waals surface area contributed by atoms with E-state index in [0.717, 1.165) is 17.7 Å². The number of para-hydroxylation sites is 1. The summed E-state index contributed by atoms with van der Waals surface area (Å²) in [6.07, 6.45) is 2.88. The van der Waals surface area contributed by atoms with Crippen LogP contribution in [0.15, 0.2) is 18.2 Å². The van der Waals surface area contributed by atoms with Gasteiger partial charge in [-0.05, 0) is 43.9 Å². The molecule has 3 N–H and O–H groups in total. The molecule has 1 unspecified atom stereocenters. The molecule has 0 bridgehead atoms. The Morgan fingerprint density at radius 2 is 2.10 bits per heavy atom. The van der Waals surface area contributed by atoms with Gasteiger partial charge >= 0.3 is 12.0 Å². The molecule has 1 aromatic carbocycles. The Labute approximate surface area is 123 Å². The third-order valence-corrected chi connectivity index (χ3v) is 3.52. The van der Waals surface area contributed by atoms with E-state index in [1.54, 1.807) is 30.8 Å². The first-order chi connectivity index (χ1) is 9.45. The van der Waals surface area contributed by atoms with Gasteiger partial charge in [0.15, 0.2) is 0 Å². The quantitative estimate of drug-likeness (QED) is 0.754. The predicted molar refractivity (Wildman–Crippen MR) is 82.8 cm³/mol. The number of rotatable bonds is 6. The first-order valence-corrected chi connectivity index (χ1v) is 7.74. The second-order valence-electron chi connectivity index (χ2n) is 4.58. The molecule has 6 heteroatoms. The van der Waals surface area contributed by atoms with Gasteiger partial charge < -0.3 is 15.7 Å². The summed E-state index contributed by atoms with van der Waals surface area (Å²) in [4.78, 5) is 23.0. The van der Waals surface area contributed by atoms with Gasteiger partial charge in [0.25, 0.3) is 0 Å². The van der Waals surface area contributed by atoms with Crippen LogP contribution in [0.25, 0.3) is 0 Å². The molecule has 0 aliphatic rings. The van der Waals surface area contributed by atoms with Crippen molar-refractivity contribution in [1.82, 2.24) is 5.32 Å². The average molecular weight is 296 g/mol. The lowest BCUT2D eigenvalue weighted by molar-refractivity contribution is 0.0698. The fourth-order valence-corrected chi connectivity index (χ4v) is 2.34. The number of hydrogen-bond acceptors (Lipinski definition) is 3. The molecule has 1 aromatic rings. The zero-order chi connectivity index (χ0) is 15.1. The Morgan fingerprint density at radius 1 is 1.40 bits per heavy atom. The van der Waals surface area contributed by atoms with Crippen molar-refractivity contribution >= 4 is 29.4 Å². The Kier molecular flexibility index (Phi) is 6.38. The highest BCUT2D eigenvalue weighted by Gasteiger charge is 2.15. The Morgan fingerprint density at radius 3 is 2.70 bits per heavy atom. The van der Waals surface area contributed by atoms with Crippen LogP contribution in [0.4, 0.5) is 10.5 Å². The minimum absolute atomic E-state index is 0.0414. The van der Waals surface area contributed by atoms with Crippen LogP contribution in [0.1, 0.15) is 29.3 Å². The van der Waals surface area contributed by atoms with Gasteiger partial charge in [0.05, 0.1) is 11.3 Å². The minimum Gasteiger partial charge on any atom is -0.478 e. The smallest absolute Gasteiger partial charge is 0.337 e. The van der Waals surface area contributed by atoms with E-state index in [0.29, 0.717) is 5.69 Å². The van der Waals surface area contributed by atoms with Gasteiger partial charge in [0.1, 0.15) is 0 Å². The van der Waals surface area contributed by atoms with Gasteiger partial charge in [-0.2, -0.15) is 11.8 Å². The van der Waals surface area contributed by atoms with Crippen LogP contribution in [0.3, 0.4) is 0 Å². The molecule has 0 spiro atoms. The highest BCUT2D eigenvalue weighted by Crippen LogP contribution is 2.20. The van der Waals surface area contributed by atoms with Gasteiger partial charge in [0.2, 0.25) is 0 Å². The number of nitrogens with one attached hydrogen (secondary N) is 2. The highest BCUT2D eigenvalue weighted by molar-refractivity contribution is 7.98. The topological polar surface area (TPSA) is 78.4 Å². The molecule has 1 rings (SSSR count). The van der Waals surface area contributed by atoms with E-state index in [2.05, 4.69) is 10.6 Å². The van der Waals surface area contributed by atoms with Crippen molar-refractivity contribution in [2.24, 2.45) is 0 Å². The fraction of sp³-hybridized carbons (Fsp3) is 0.429. The fourth-order valence-electron chi connectivity index (χ4n) is 1.75. The Balaban J connectivity index is 2.73. The Bertz CT molecular complexity index is 491. The number of carboxylic acid groups (broad SMARTS) is 1. The number of aromatic carboxylic acids is 1. The second kappa shape index (κ2) is 7.79. The molecule has 0 aliphatic heterocycles. The SMILES string of the molecule is CSCCC(C)NC(=O)Nc1c(C)cccc1C(=O)O. The van der Waals surface area contributed by atoms with Gasteiger partial charge in [-0.15, -0.1) is 0 Å². The van der Waals surface area contributed by atoms with Gasteiger partial charge in [-0.25, -0.2) is 9.59 Å². The number of benzene rings is 1. The van der Waals surface area contributed by atoms with Gasteiger partial charge in [0, 0.05) is 6.04 Å². The van der Waals surface area contributed by atoms with Crippen molar-refractivity contribution in [2.45, 2.75) is 26.3 Å². The number of carbonyl (C=O) groups is 2. The second-order valence-corrected chi connectivity index (χ2v) is 5.57. The molecule has 110 valence electrons. The van der Waals surface area contributed by atoms with E-state index < -0.39 is 5.97 Å². The molecule has 0 heterocycles. The van der Waals surface area contributed by atoms with Gasteiger partial charge in [-0.1, -0.05) is 12.1 Å². The standard InChI is InChI=1S/C14H20N2O3S/c1-9-5-4-6-11(13(17)18)12(9)16-14(19)15-10(2)7-8-20-3/h4-6,10H,7-8H2,1-3H3,(H,17,18)(H2,15,16,19). The van der Waals surface area contributed by atoms with E-state index >= 15 is 0 Å². The zero-order valence-corrected chi connectivity index (χ0v) is 12.7. The summed E-state index contributed by atoms with van der Waals surface area (Å²) in [6.45, 7) is 3.69. The van der Waals surface area contributed by atoms with Crippen molar-refractivity contribution in [3.05, 3.63) is 29.3 Å². The molecule has 0 radical (unpaired) electrons. The van der Waals surface area contributed by atoms with Crippen molar-refractivity contribution < 1.29 is 14.7 Å². The van der Waals surface area contributed by atoms with Crippen LogP contribution in [0.5, 0.6) is 0 Å². The largest absolute Gasteiger partial charge is 0.478 e. The molecule has 0 aliphatic carbocycles. The molecule has 0 saturated carbocycles. The summed E-state index contributed by atoms with van der Waals surface area (Å²) in [7, 11) is 0. The average Bonchev–Trinajstić information content (AvgIpc) is 2.38. The molecule has 0 saturated heterocycles. The number of aryl methyl sites for hydroxylation is 1. The number of anilines is 1. The molecular formula is C14H20N2O3S. The van der Waals surface area contributed by atoms with Crippen LogP contribution in [-0.4, -0.2) is 35.2 Å². The van der Waals surface area contributed by atoms with Crippen LogP contribution in [0.2, 0.25) is 0 Å². The first-order valence-electron chi connectivity index (χ1n) is 6.35. The number of hydrogen-bond donors (Lipinski definition) is 3. The number of carbonyl (C=O) groups excluding carboxylic acids is 1. The third-order valence-electron chi connectivity index (χ3n) is 2.87. The molecule has 2 amide bonds. The summed E-state index contributed by atoms with van der Waals surface area (Å²) in [5.74, 6) is -0.0916. The van der Waals surface area contributed by atoms with Gasteiger partial charge in [-0.3, -0.25) is 0 Å². The van der Waals surface area contributed by atoms with E-state index in [1.807, 2.05) is 13.2 Å². The maximum Gasteiger partial charge on any atom is 0.337 e. The van der Waals surface area contributed by atoms with Crippen LogP contribution in [-0.2, 0) is 0 Å².